The highest BCUT2D eigenvalue weighted by atomic mass is 35.5. The molecule has 0 saturated heterocycles. The lowest BCUT2D eigenvalue weighted by Crippen LogP contribution is -1.83. The molecule has 0 aliphatic rings. The fraction of sp³-hybridized carbons (Fsp3) is 0. The Kier molecular flexibility index (Phi) is 3.18. The summed E-state index contributed by atoms with van der Waals surface area (Å²) in [5.41, 5.74) is 0. The van der Waals surface area contributed by atoms with Crippen molar-refractivity contribution < 1.29 is 4.39 Å². The molecule has 0 fully saturated rings. The second-order valence-corrected chi connectivity index (χ2v) is 4.22. The predicted octanol–water partition coefficient (Wildman–Crippen LogP) is 3.42. The summed E-state index contributed by atoms with van der Waals surface area (Å²) in [6, 6.07) is 6.31. The van der Waals surface area contributed by atoms with Gasteiger partial charge in [-0.15, -0.1) is 0 Å². The summed E-state index contributed by atoms with van der Waals surface area (Å²) in [4.78, 5) is 8.72. The Morgan fingerprint density at radius 3 is 2.73 bits per heavy atom. The summed E-state index contributed by atoms with van der Waals surface area (Å²) in [5, 5.41) is 1.03. The van der Waals surface area contributed by atoms with Gasteiger partial charge in [0.15, 0.2) is 0 Å². The van der Waals surface area contributed by atoms with Gasteiger partial charge in [-0.25, -0.2) is 14.4 Å². The summed E-state index contributed by atoms with van der Waals surface area (Å²) in [7, 11) is 0. The van der Waals surface area contributed by atoms with Gasteiger partial charge < -0.3 is 0 Å². The number of aromatic nitrogens is 2. The van der Waals surface area contributed by atoms with Gasteiger partial charge >= 0.3 is 0 Å². The van der Waals surface area contributed by atoms with Crippen LogP contribution in [-0.2, 0) is 0 Å². The maximum absolute atomic E-state index is 12.9. The lowest BCUT2D eigenvalue weighted by atomic mass is 10.4. The molecule has 0 N–H and O–H groups in total. The minimum Gasteiger partial charge on any atom is -0.245 e. The molecule has 15 heavy (non-hydrogen) atoms. The molecule has 0 aliphatic carbocycles. The van der Waals surface area contributed by atoms with Crippen molar-refractivity contribution in [2.45, 2.75) is 9.92 Å². The predicted molar refractivity (Wildman–Crippen MR) is 57.6 cm³/mol. The van der Waals surface area contributed by atoms with Gasteiger partial charge in [0.2, 0.25) is 0 Å². The Bertz CT molecular complexity index is 461. The number of nitrogens with zero attached hydrogens (tertiary/aromatic N) is 2. The topological polar surface area (TPSA) is 25.8 Å². The molecule has 0 bridgehead atoms. The van der Waals surface area contributed by atoms with Crippen LogP contribution in [0.4, 0.5) is 4.39 Å². The molecular weight excluding hydrogens is 235 g/mol. The van der Waals surface area contributed by atoms with Crippen LogP contribution in [-0.4, -0.2) is 9.97 Å². The average molecular weight is 241 g/mol. The van der Waals surface area contributed by atoms with E-state index in [1.807, 2.05) is 6.07 Å². The molecule has 0 aliphatic heterocycles. The molecule has 1 aromatic carbocycles. The Hall–Kier alpha value is -1.13. The number of hydrogen-bond donors (Lipinski definition) is 0. The summed E-state index contributed by atoms with van der Waals surface area (Å²) in [5.74, 6) is -0.262. The third-order valence-corrected chi connectivity index (χ3v) is 2.72. The molecule has 0 radical (unpaired) electrons. The first-order valence-electron chi connectivity index (χ1n) is 4.15. The molecule has 2 rings (SSSR count). The van der Waals surface area contributed by atoms with E-state index in [0.717, 1.165) is 4.90 Å². The van der Waals surface area contributed by atoms with Crippen LogP contribution in [0, 0.1) is 5.82 Å². The summed E-state index contributed by atoms with van der Waals surface area (Å²) in [6.45, 7) is 0. The Labute approximate surface area is 95.5 Å². The van der Waals surface area contributed by atoms with Crippen molar-refractivity contribution in [3.63, 3.8) is 0 Å². The zero-order valence-electron chi connectivity index (χ0n) is 7.52. The molecule has 2 aromatic rings. The second kappa shape index (κ2) is 4.59. The van der Waals surface area contributed by atoms with Crippen LogP contribution in [0.15, 0.2) is 46.6 Å². The van der Waals surface area contributed by atoms with Gasteiger partial charge in [-0.1, -0.05) is 29.4 Å². The van der Waals surface area contributed by atoms with Gasteiger partial charge in [-0.2, -0.15) is 0 Å². The van der Waals surface area contributed by atoms with E-state index in [0.29, 0.717) is 10.2 Å². The van der Waals surface area contributed by atoms with Crippen molar-refractivity contribution in [2.75, 3.05) is 0 Å². The van der Waals surface area contributed by atoms with Crippen LogP contribution in [0.1, 0.15) is 0 Å². The molecular formula is C10H6ClFN2S. The van der Waals surface area contributed by atoms with Crippen molar-refractivity contribution in [1.29, 1.82) is 0 Å². The normalized spacial score (nSPS) is 10.3. The Balaban J connectivity index is 2.18. The molecule has 0 atom stereocenters. The van der Waals surface area contributed by atoms with E-state index in [4.69, 9.17) is 11.6 Å². The largest absolute Gasteiger partial charge is 0.245 e. The number of rotatable bonds is 2. The van der Waals surface area contributed by atoms with Gasteiger partial charge in [-0.3, -0.25) is 0 Å². The van der Waals surface area contributed by atoms with Crippen LogP contribution in [0.2, 0.25) is 5.15 Å². The van der Waals surface area contributed by atoms with Crippen molar-refractivity contribution in [3.05, 3.63) is 47.6 Å². The number of benzene rings is 1. The van der Waals surface area contributed by atoms with Crippen LogP contribution >= 0.6 is 23.4 Å². The summed E-state index contributed by atoms with van der Waals surface area (Å²) >= 11 is 6.94. The lowest BCUT2D eigenvalue weighted by Gasteiger charge is -1.99. The van der Waals surface area contributed by atoms with Crippen molar-refractivity contribution in [1.82, 2.24) is 9.97 Å². The molecule has 76 valence electrons. The molecule has 0 unspecified atom stereocenters. The van der Waals surface area contributed by atoms with Gasteiger partial charge in [0.1, 0.15) is 16.0 Å². The van der Waals surface area contributed by atoms with E-state index in [1.165, 1.54) is 30.1 Å². The highest BCUT2D eigenvalue weighted by Gasteiger charge is 2.00. The van der Waals surface area contributed by atoms with Gasteiger partial charge in [0, 0.05) is 4.90 Å². The fourth-order valence-corrected chi connectivity index (χ4v) is 1.87. The fourth-order valence-electron chi connectivity index (χ4n) is 1.00. The highest BCUT2D eigenvalue weighted by Crippen LogP contribution is 2.25. The minimum atomic E-state index is -0.262. The zero-order chi connectivity index (χ0) is 10.7. The van der Waals surface area contributed by atoms with Crippen LogP contribution < -0.4 is 0 Å². The van der Waals surface area contributed by atoms with Gasteiger partial charge in [0.25, 0.3) is 0 Å². The van der Waals surface area contributed by atoms with Crippen LogP contribution in [0.25, 0.3) is 0 Å². The first-order chi connectivity index (χ1) is 7.24. The third kappa shape index (κ3) is 2.91. The standard InChI is InChI=1S/C10H6ClFN2S/c11-9-5-14-10(6-13-9)15-8-3-1-2-7(12)4-8/h1-6H. The number of halogens is 2. The second-order valence-electron chi connectivity index (χ2n) is 2.74. The number of hydrogen-bond acceptors (Lipinski definition) is 3. The van der Waals surface area contributed by atoms with Crippen LogP contribution in [0.5, 0.6) is 0 Å². The van der Waals surface area contributed by atoms with Gasteiger partial charge in [-0.05, 0) is 18.2 Å². The maximum atomic E-state index is 12.9. The first-order valence-corrected chi connectivity index (χ1v) is 5.34. The smallest absolute Gasteiger partial charge is 0.147 e. The molecule has 2 nitrogen and oxygen atoms in total. The average Bonchev–Trinajstić information content (AvgIpc) is 2.22. The third-order valence-electron chi connectivity index (χ3n) is 1.62. The first kappa shape index (κ1) is 10.4. The zero-order valence-corrected chi connectivity index (χ0v) is 9.10. The SMILES string of the molecule is Fc1cccc(Sc2cnc(Cl)cn2)c1. The van der Waals surface area contributed by atoms with E-state index < -0.39 is 0 Å². The van der Waals surface area contributed by atoms with E-state index >= 15 is 0 Å². The monoisotopic (exact) mass is 240 g/mol. The molecule has 5 heteroatoms. The Morgan fingerprint density at radius 2 is 2.07 bits per heavy atom. The molecule has 0 amide bonds. The van der Waals surface area contributed by atoms with E-state index in [9.17, 15) is 4.39 Å². The van der Waals surface area contributed by atoms with E-state index in [2.05, 4.69) is 9.97 Å². The Morgan fingerprint density at radius 1 is 1.20 bits per heavy atom. The van der Waals surface area contributed by atoms with Crippen molar-refractivity contribution >= 4 is 23.4 Å². The molecule has 0 saturated carbocycles. The van der Waals surface area contributed by atoms with Crippen molar-refractivity contribution in [2.24, 2.45) is 0 Å². The minimum absolute atomic E-state index is 0.262. The van der Waals surface area contributed by atoms with Gasteiger partial charge in [0.05, 0.1) is 12.4 Å². The van der Waals surface area contributed by atoms with E-state index in [-0.39, 0.29) is 5.82 Å². The summed E-state index contributed by atoms with van der Waals surface area (Å²) < 4.78 is 12.9. The van der Waals surface area contributed by atoms with E-state index in [1.54, 1.807) is 12.3 Å². The molecule has 1 aromatic heterocycles. The molecule has 1 heterocycles. The quantitative estimate of drug-likeness (QED) is 0.805. The lowest BCUT2D eigenvalue weighted by molar-refractivity contribution is 0.624. The maximum Gasteiger partial charge on any atom is 0.147 e. The van der Waals surface area contributed by atoms with Crippen LogP contribution in [0.3, 0.4) is 0 Å². The summed E-state index contributed by atoms with van der Waals surface area (Å²) in [6.07, 6.45) is 3.01. The van der Waals surface area contributed by atoms with Crippen molar-refractivity contribution in [3.8, 4) is 0 Å². The molecule has 0 spiro atoms. The highest BCUT2D eigenvalue weighted by molar-refractivity contribution is 7.99.